The first kappa shape index (κ1) is 42.2. The number of aromatic nitrogens is 1. The first-order valence-electron chi connectivity index (χ1n) is 25.0. The van der Waals surface area contributed by atoms with Crippen LogP contribution in [0.25, 0.3) is 116 Å². The Bertz CT molecular complexity index is 4350. The standard InChI is InChI=1S/C70H46N2O/c1-5-19-47(20-6-1)48-35-39-56(40-36-48)71(58-30-18-26-52(44-58)54-38-42-66-63(45-54)61-32-15-16-34-65(61)72(66)55-27-11-4-12-28-55)57-29-17-25-51(43-57)53-37-41-60-59-31-13-14-33-62(59)70-68(64(60)46-53)67(49-21-7-2-8-22-49)69(73-70)50-23-9-3-10-24-50/h1-46H. The van der Waals surface area contributed by atoms with Crippen molar-refractivity contribution >= 4 is 71.4 Å². The lowest BCUT2D eigenvalue weighted by Crippen LogP contribution is -2.10. The molecule has 3 nitrogen and oxygen atoms in total. The average Bonchev–Trinajstić information content (AvgIpc) is 4.04. The van der Waals surface area contributed by atoms with Gasteiger partial charge in [0.1, 0.15) is 11.3 Å². The highest BCUT2D eigenvalue weighted by molar-refractivity contribution is 6.29. The van der Waals surface area contributed by atoms with Crippen molar-refractivity contribution in [3.63, 3.8) is 0 Å². The highest BCUT2D eigenvalue weighted by atomic mass is 16.3. The van der Waals surface area contributed by atoms with Crippen LogP contribution in [-0.4, -0.2) is 4.57 Å². The quantitative estimate of drug-likeness (QED) is 0.135. The molecule has 0 saturated heterocycles. The molecule has 0 bridgehead atoms. The van der Waals surface area contributed by atoms with Gasteiger partial charge in [0.25, 0.3) is 0 Å². The van der Waals surface area contributed by atoms with E-state index in [1.807, 2.05) is 0 Å². The molecule has 3 heteroatoms. The summed E-state index contributed by atoms with van der Waals surface area (Å²) in [6.07, 6.45) is 0. The molecule has 0 N–H and O–H groups in total. The van der Waals surface area contributed by atoms with E-state index in [0.717, 1.165) is 89.2 Å². The predicted octanol–water partition coefficient (Wildman–Crippen LogP) is 19.6. The van der Waals surface area contributed by atoms with Crippen molar-refractivity contribution in [2.75, 3.05) is 4.90 Å². The van der Waals surface area contributed by atoms with Crippen molar-refractivity contribution in [3.05, 3.63) is 279 Å². The summed E-state index contributed by atoms with van der Waals surface area (Å²) < 4.78 is 9.46. The van der Waals surface area contributed by atoms with Gasteiger partial charge in [-0.1, -0.05) is 206 Å². The Morgan fingerprint density at radius 2 is 0.740 bits per heavy atom. The first-order chi connectivity index (χ1) is 36.2. The fourth-order valence-corrected chi connectivity index (χ4v) is 11.2. The van der Waals surface area contributed by atoms with E-state index >= 15 is 0 Å². The summed E-state index contributed by atoms with van der Waals surface area (Å²) in [5.41, 5.74) is 17.8. The topological polar surface area (TPSA) is 21.3 Å². The van der Waals surface area contributed by atoms with Gasteiger partial charge in [-0.2, -0.15) is 0 Å². The van der Waals surface area contributed by atoms with Crippen LogP contribution in [0.3, 0.4) is 0 Å². The van der Waals surface area contributed by atoms with Crippen molar-refractivity contribution in [1.82, 2.24) is 4.57 Å². The zero-order valence-corrected chi connectivity index (χ0v) is 39.9. The molecule has 12 aromatic carbocycles. The van der Waals surface area contributed by atoms with Crippen LogP contribution in [0.15, 0.2) is 283 Å². The number of hydrogen-bond acceptors (Lipinski definition) is 2. The van der Waals surface area contributed by atoms with Gasteiger partial charge in [-0.05, 0) is 128 Å². The molecule has 0 aliphatic rings. The van der Waals surface area contributed by atoms with Gasteiger partial charge in [-0.25, -0.2) is 0 Å². The summed E-state index contributed by atoms with van der Waals surface area (Å²) >= 11 is 0. The van der Waals surface area contributed by atoms with E-state index in [-0.39, 0.29) is 0 Å². The zero-order chi connectivity index (χ0) is 48.2. The summed E-state index contributed by atoms with van der Waals surface area (Å²) in [5, 5.41) is 8.22. The van der Waals surface area contributed by atoms with Gasteiger partial charge in [-0.3, -0.25) is 0 Å². The summed E-state index contributed by atoms with van der Waals surface area (Å²) in [6.45, 7) is 0. The zero-order valence-electron chi connectivity index (χ0n) is 39.9. The van der Waals surface area contributed by atoms with Gasteiger partial charge in [0, 0.05) is 55.4 Å². The van der Waals surface area contributed by atoms with Crippen LogP contribution in [0, 0.1) is 0 Å². The van der Waals surface area contributed by atoms with Crippen molar-refractivity contribution < 1.29 is 4.42 Å². The minimum atomic E-state index is 0.877. The third-order valence-corrected chi connectivity index (χ3v) is 14.6. The maximum Gasteiger partial charge on any atom is 0.143 e. The lowest BCUT2D eigenvalue weighted by Gasteiger charge is -2.27. The molecular weight excluding hydrogens is 885 g/mol. The fraction of sp³-hybridized carbons (Fsp3) is 0. The normalized spacial score (nSPS) is 11.6. The van der Waals surface area contributed by atoms with Gasteiger partial charge in [0.05, 0.1) is 11.0 Å². The van der Waals surface area contributed by atoms with Crippen molar-refractivity contribution in [1.29, 1.82) is 0 Å². The molecule has 73 heavy (non-hydrogen) atoms. The number of fused-ring (bicyclic) bond motifs is 9. The smallest absolute Gasteiger partial charge is 0.143 e. The van der Waals surface area contributed by atoms with E-state index in [9.17, 15) is 0 Å². The Hall–Kier alpha value is -9.70. The van der Waals surface area contributed by atoms with Crippen LogP contribution in [-0.2, 0) is 0 Å². The largest absolute Gasteiger partial charge is 0.455 e. The van der Waals surface area contributed by atoms with Gasteiger partial charge >= 0.3 is 0 Å². The Morgan fingerprint density at radius 3 is 1.41 bits per heavy atom. The van der Waals surface area contributed by atoms with E-state index in [1.54, 1.807) is 0 Å². The SMILES string of the molecule is c1ccc(-c2ccc(N(c3cccc(-c4ccc5c6ccccc6c6oc(-c7ccccc7)c(-c7ccccc7)c6c5c4)c3)c3cccc(-c4ccc5c(c4)c4ccccc4n5-c4ccccc4)c3)cc2)cc1. The van der Waals surface area contributed by atoms with Crippen molar-refractivity contribution in [2.24, 2.45) is 0 Å². The molecule has 0 aliphatic heterocycles. The van der Waals surface area contributed by atoms with Crippen LogP contribution in [0.5, 0.6) is 0 Å². The molecule has 2 aromatic heterocycles. The number of para-hydroxylation sites is 2. The third-order valence-electron chi connectivity index (χ3n) is 14.6. The van der Waals surface area contributed by atoms with Gasteiger partial charge in [-0.15, -0.1) is 0 Å². The molecule has 14 aromatic rings. The number of furan rings is 1. The molecule has 2 heterocycles. The van der Waals surface area contributed by atoms with Gasteiger partial charge < -0.3 is 13.9 Å². The van der Waals surface area contributed by atoms with E-state index in [1.165, 1.54) is 43.7 Å². The Labute approximate surface area is 423 Å². The van der Waals surface area contributed by atoms with Crippen molar-refractivity contribution in [2.45, 2.75) is 0 Å². The monoisotopic (exact) mass is 930 g/mol. The first-order valence-corrected chi connectivity index (χ1v) is 25.0. The second kappa shape index (κ2) is 17.6. The number of anilines is 3. The van der Waals surface area contributed by atoms with E-state index in [0.29, 0.717) is 0 Å². The van der Waals surface area contributed by atoms with E-state index in [2.05, 4.69) is 289 Å². The predicted molar refractivity (Wildman–Crippen MR) is 307 cm³/mol. The second-order valence-corrected chi connectivity index (χ2v) is 18.8. The lowest BCUT2D eigenvalue weighted by atomic mass is 9.90. The lowest BCUT2D eigenvalue weighted by molar-refractivity contribution is 0.636. The Kier molecular flexibility index (Phi) is 10.2. The highest BCUT2D eigenvalue weighted by Crippen LogP contribution is 2.48. The fourth-order valence-electron chi connectivity index (χ4n) is 11.2. The van der Waals surface area contributed by atoms with E-state index < -0.39 is 0 Å². The molecule has 342 valence electrons. The van der Waals surface area contributed by atoms with Gasteiger partial charge in [0.15, 0.2) is 0 Å². The Balaban J connectivity index is 0.931. The maximum atomic E-state index is 7.08. The molecule has 0 aliphatic carbocycles. The Morgan fingerprint density at radius 1 is 0.274 bits per heavy atom. The average molecular weight is 931 g/mol. The third kappa shape index (κ3) is 7.29. The molecule has 0 fully saturated rings. The molecule has 0 radical (unpaired) electrons. The minimum absolute atomic E-state index is 0.877. The molecule has 0 atom stereocenters. The molecule has 0 spiro atoms. The van der Waals surface area contributed by atoms with Crippen LogP contribution >= 0.6 is 0 Å². The molecule has 0 unspecified atom stereocenters. The summed E-state index contributed by atoms with van der Waals surface area (Å²) in [5.74, 6) is 0.877. The summed E-state index contributed by atoms with van der Waals surface area (Å²) in [6, 6.07) is 101. The number of benzene rings is 12. The van der Waals surface area contributed by atoms with Crippen LogP contribution in [0.2, 0.25) is 0 Å². The van der Waals surface area contributed by atoms with Crippen LogP contribution < -0.4 is 4.90 Å². The molecule has 0 saturated carbocycles. The number of rotatable bonds is 9. The van der Waals surface area contributed by atoms with Crippen LogP contribution in [0.1, 0.15) is 0 Å². The molecular formula is C70H46N2O. The highest BCUT2D eigenvalue weighted by Gasteiger charge is 2.24. The van der Waals surface area contributed by atoms with E-state index in [4.69, 9.17) is 4.42 Å². The second-order valence-electron chi connectivity index (χ2n) is 18.8. The van der Waals surface area contributed by atoms with Crippen molar-refractivity contribution in [3.8, 4) is 61.5 Å². The minimum Gasteiger partial charge on any atom is -0.455 e. The summed E-state index contributed by atoms with van der Waals surface area (Å²) in [4.78, 5) is 2.39. The number of hydrogen-bond donors (Lipinski definition) is 0. The molecule has 0 amide bonds. The maximum absolute atomic E-state index is 7.08. The van der Waals surface area contributed by atoms with Crippen LogP contribution in [0.4, 0.5) is 17.1 Å². The number of nitrogens with zero attached hydrogens (tertiary/aromatic N) is 2. The van der Waals surface area contributed by atoms with Gasteiger partial charge in [0.2, 0.25) is 0 Å². The molecule has 14 rings (SSSR count). The summed E-state index contributed by atoms with van der Waals surface area (Å²) in [7, 11) is 0.